The maximum Gasteiger partial charge on any atom is 0.339 e. The summed E-state index contributed by atoms with van der Waals surface area (Å²) in [6.07, 6.45) is 1.16. The second-order valence-electron chi connectivity index (χ2n) is 3.93. The standard InChI is InChI=1S/C13H11FN2O4S/c1-20-13(17)9-5-2-3-7-11(9)16-21(18,19)12-10(14)6-4-8-15-12/h2-8,16H,1H3. The average Bonchev–Trinajstić information content (AvgIpc) is 2.47. The van der Waals surface area contributed by atoms with Gasteiger partial charge in [0.25, 0.3) is 10.0 Å². The van der Waals surface area contributed by atoms with Gasteiger partial charge in [-0.2, -0.15) is 8.42 Å². The van der Waals surface area contributed by atoms with E-state index in [0.717, 1.165) is 12.3 Å². The van der Waals surface area contributed by atoms with Crippen LogP contribution in [0, 0.1) is 5.82 Å². The van der Waals surface area contributed by atoms with E-state index in [9.17, 15) is 17.6 Å². The molecule has 8 heteroatoms. The van der Waals surface area contributed by atoms with Crippen LogP contribution in [-0.2, 0) is 14.8 Å². The van der Waals surface area contributed by atoms with Crippen molar-refractivity contribution < 1.29 is 22.3 Å². The van der Waals surface area contributed by atoms with E-state index in [-0.39, 0.29) is 11.3 Å². The molecule has 0 saturated heterocycles. The van der Waals surface area contributed by atoms with Crippen molar-refractivity contribution >= 4 is 21.7 Å². The van der Waals surface area contributed by atoms with Crippen LogP contribution in [0.15, 0.2) is 47.6 Å². The smallest absolute Gasteiger partial charge is 0.339 e. The highest BCUT2D eigenvalue weighted by atomic mass is 32.2. The van der Waals surface area contributed by atoms with Crippen molar-refractivity contribution in [1.29, 1.82) is 0 Å². The van der Waals surface area contributed by atoms with Gasteiger partial charge in [0.2, 0.25) is 5.03 Å². The molecule has 1 heterocycles. The molecule has 0 fully saturated rings. The first-order valence-electron chi connectivity index (χ1n) is 5.76. The van der Waals surface area contributed by atoms with E-state index in [1.54, 1.807) is 6.07 Å². The Morgan fingerprint density at radius 1 is 1.24 bits per heavy atom. The van der Waals surface area contributed by atoms with E-state index >= 15 is 0 Å². The van der Waals surface area contributed by atoms with Gasteiger partial charge in [-0.25, -0.2) is 14.2 Å². The predicted molar refractivity (Wildman–Crippen MR) is 72.8 cm³/mol. The predicted octanol–water partition coefficient (Wildman–Crippen LogP) is 1.81. The van der Waals surface area contributed by atoms with Crippen LogP contribution in [0.4, 0.5) is 10.1 Å². The number of para-hydroxylation sites is 1. The maximum atomic E-state index is 13.5. The number of rotatable bonds is 4. The third-order valence-electron chi connectivity index (χ3n) is 2.56. The fourth-order valence-electron chi connectivity index (χ4n) is 1.62. The summed E-state index contributed by atoms with van der Waals surface area (Å²) in [5, 5.41) is -0.746. The van der Waals surface area contributed by atoms with E-state index in [1.165, 1.54) is 31.4 Å². The molecule has 110 valence electrons. The molecule has 21 heavy (non-hydrogen) atoms. The lowest BCUT2D eigenvalue weighted by atomic mass is 10.2. The van der Waals surface area contributed by atoms with Gasteiger partial charge < -0.3 is 4.74 Å². The fourth-order valence-corrected chi connectivity index (χ4v) is 2.71. The van der Waals surface area contributed by atoms with Crippen LogP contribution in [0.2, 0.25) is 0 Å². The minimum absolute atomic E-state index is 0.0138. The minimum Gasteiger partial charge on any atom is -0.465 e. The zero-order chi connectivity index (χ0) is 15.5. The van der Waals surface area contributed by atoms with E-state index in [1.807, 2.05) is 0 Å². The molecule has 0 saturated carbocycles. The SMILES string of the molecule is COC(=O)c1ccccc1NS(=O)(=O)c1ncccc1F. The van der Waals surface area contributed by atoms with Gasteiger partial charge in [-0.15, -0.1) is 0 Å². The summed E-state index contributed by atoms with van der Waals surface area (Å²) in [7, 11) is -3.08. The van der Waals surface area contributed by atoms with Crippen LogP contribution in [-0.4, -0.2) is 26.5 Å². The van der Waals surface area contributed by atoms with Gasteiger partial charge in [0.05, 0.1) is 18.4 Å². The van der Waals surface area contributed by atoms with Crippen LogP contribution in [0.25, 0.3) is 0 Å². The van der Waals surface area contributed by atoms with Crippen LogP contribution >= 0.6 is 0 Å². The molecule has 0 radical (unpaired) electrons. The Morgan fingerprint density at radius 3 is 2.62 bits per heavy atom. The molecule has 2 rings (SSSR count). The highest BCUT2D eigenvalue weighted by molar-refractivity contribution is 7.92. The van der Waals surface area contributed by atoms with Gasteiger partial charge in [0.15, 0.2) is 5.82 Å². The Morgan fingerprint density at radius 2 is 1.95 bits per heavy atom. The number of methoxy groups -OCH3 is 1. The zero-order valence-electron chi connectivity index (χ0n) is 10.9. The molecule has 0 atom stereocenters. The van der Waals surface area contributed by atoms with Crippen LogP contribution in [0.3, 0.4) is 0 Å². The van der Waals surface area contributed by atoms with E-state index in [0.29, 0.717) is 0 Å². The number of nitrogens with one attached hydrogen (secondary N) is 1. The lowest BCUT2D eigenvalue weighted by Crippen LogP contribution is -2.18. The number of carbonyl (C=O) groups is 1. The summed E-state index contributed by atoms with van der Waals surface area (Å²) >= 11 is 0. The lowest BCUT2D eigenvalue weighted by Gasteiger charge is -2.11. The van der Waals surface area contributed by atoms with E-state index < -0.39 is 26.8 Å². The number of halogens is 1. The van der Waals surface area contributed by atoms with Crippen molar-refractivity contribution in [3.05, 3.63) is 54.0 Å². The Labute approximate surface area is 120 Å². The number of nitrogens with zero attached hydrogens (tertiary/aromatic N) is 1. The molecule has 1 aromatic heterocycles. The third kappa shape index (κ3) is 3.16. The lowest BCUT2D eigenvalue weighted by molar-refractivity contribution is 0.0602. The van der Waals surface area contributed by atoms with Crippen LogP contribution in [0.1, 0.15) is 10.4 Å². The van der Waals surface area contributed by atoms with Gasteiger partial charge in [0.1, 0.15) is 0 Å². The highest BCUT2D eigenvalue weighted by Crippen LogP contribution is 2.21. The summed E-state index contributed by atoms with van der Waals surface area (Å²) in [6.45, 7) is 0. The fraction of sp³-hybridized carbons (Fsp3) is 0.0769. The minimum atomic E-state index is -4.25. The van der Waals surface area contributed by atoms with Gasteiger partial charge in [-0.05, 0) is 24.3 Å². The molecule has 0 bridgehead atoms. The van der Waals surface area contributed by atoms with Crippen molar-refractivity contribution in [2.75, 3.05) is 11.8 Å². The molecule has 0 unspecified atom stereocenters. The highest BCUT2D eigenvalue weighted by Gasteiger charge is 2.23. The zero-order valence-corrected chi connectivity index (χ0v) is 11.7. The Balaban J connectivity index is 2.43. The number of anilines is 1. The summed E-state index contributed by atoms with van der Waals surface area (Å²) in [5.41, 5.74) is -0.00526. The molecule has 0 aliphatic rings. The molecule has 0 spiro atoms. The number of benzene rings is 1. The monoisotopic (exact) mass is 310 g/mol. The van der Waals surface area contributed by atoms with Crippen LogP contribution in [0.5, 0.6) is 0 Å². The number of esters is 1. The molecular formula is C13H11FN2O4S. The van der Waals surface area contributed by atoms with Crippen molar-refractivity contribution in [2.24, 2.45) is 0 Å². The molecule has 6 nitrogen and oxygen atoms in total. The number of aromatic nitrogens is 1. The molecular weight excluding hydrogens is 299 g/mol. The first-order valence-corrected chi connectivity index (χ1v) is 7.24. The summed E-state index contributed by atoms with van der Waals surface area (Å²) in [5.74, 6) is -1.70. The topological polar surface area (TPSA) is 85.4 Å². The second-order valence-corrected chi connectivity index (χ2v) is 5.53. The molecule has 0 aliphatic heterocycles. The third-order valence-corrected chi connectivity index (χ3v) is 3.85. The van der Waals surface area contributed by atoms with Gasteiger partial charge in [-0.1, -0.05) is 12.1 Å². The van der Waals surface area contributed by atoms with Gasteiger partial charge in [-0.3, -0.25) is 4.72 Å². The molecule has 1 aromatic carbocycles. The quantitative estimate of drug-likeness (QED) is 0.870. The average molecular weight is 310 g/mol. The summed E-state index contributed by atoms with van der Waals surface area (Å²) in [6, 6.07) is 8.08. The number of ether oxygens (including phenoxy) is 1. The van der Waals surface area contributed by atoms with E-state index in [4.69, 9.17) is 0 Å². The van der Waals surface area contributed by atoms with Crippen molar-refractivity contribution in [3.63, 3.8) is 0 Å². The van der Waals surface area contributed by atoms with Crippen molar-refractivity contribution in [3.8, 4) is 0 Å². The normalized spacial score (nSPS) is 11.0. The molecule has 2 aromatic rings. The Bertz CT molecular complexity index is 777. The second kappa shape index (κ2) is 5.88. The largest absolute Gasteiger partial charge is 0.465 e. The number of pyridine rings is 1. The molecule has 0 amide bonds. The number of sulfonamides is 1. The summed E-state index contributed by atoms with van der Waals surface area (Å²) in [4.78, 5) is 15.1. The number of hydrogen-bond acceptors (Lipinski definition) is 5. The maximum absolute atomic E-state index is 13.5. The molecule has 0 aliphatic carbocycles. The van der Waals surface area contributed by atoms with Crippen molar-refractivity contribution in [2.45, 2.75) is 5.03 Å². The van der Waals surface area contributed by atoms with Crippen molar-refractivity contribution in [1.82, 2.24) is 4.98 Å². The Hall–Kier alpha value is -2.48. The number of carbonyl (C=O) groups excluding carboxylic acids is 1. The van der Waals surface area contributed by atoms with Gasteiger partial charge in [0, 0.05) is 6.20 Å². The van der Waals surface area contributed by atoms with E-state index in [2.05, 4.69) is 14.4 Å². The van der Waals surface area contributed by atoms with Crippen LogP contribution < -0.4 is 4.72 Å². The molecule has 1 N–H and O–H groups in total. The first-order chi connectivity index (χ1) is 9.95. The summed E-state index contributed by atoms with van der Waals surface area (Å²) < 4.78 is 44.5. The number of hydrogen-bond donors (Lipinski definition) is 1. The Kier molecular flexibility index (Phi) is 4.18. The first kappa shape index (κ1) is 14.9. The van der Waals surface area contributed by atoms with Gasteiger partial charge >= 0.3 is 5.97 Å².